The van der Waals surface area contributed by atoms with Gasteiger partial charge in [0.15, 0.2) is 11.5 Å². The van der Waals surface area contributed by atoms with Crippen molar-refractivity contribution in [1.29, 1.82) is 0 Å². The molecule has 0 aliphatic rings. The zero-order chi connectivity index (χ0) is 20.0. The summed E-state index contributed by atoms with van der Waals surface area (Å²) in [7, 11) is 1.55. The van der Waals surface area contributed by atoms with E-state index in [9.17, 15) is 9.59 Å². The lowest BCUT2D eigenvalue weighted by atomic mass is 10.2. The van der Waals surface area contributed by atoms with Crippen molar-refractivity contribution >= 4 is 17.6 Å². The van der Waals surface area contributed by atoms with Crippen molar-refractivity contribution in [3.05, 3.63) is 41.2 Å². The molecular formula is C20H26N2O5. The van der Waals surface area contributed by atoms with Crippen molar-refractivity contribution in [2.75, 3.05) is 25.6 Å². The SMILES string of the molecule is CCOC(=O)c1cc(C)n(CC(=O)Nc2ccc(OCC)c(OC)c2)c1C. The molecule has 2 rings (SSSR count). The first kappa shape index (κ1) is 20.4. The van der Waals surface area contributed by atoms with Gasteiger partial charge in [-0.15, -0.1) is 0 Å². The van der Waals surface area contributed by atoms with Crippen LogP contribution in [0, 0.1) is 13.8 Å². The highest BCUT2D eigenvalue weighted by Gasteiger charge is 2.18. The number of aryl methyl sites for hydroxylation is 1. The number of benzene rings is 1. The Morgan fingerprint density at radius 2 is 1.81 bits per heavy atom. The summed E-state index contributed by atoms with van der Waals surface area (Å²) in [6.07, 6.45) is 0. The van der Waals surface area contributed by atoms with Crippen molar-refractivity contribution in [3.63, 3.8) is 0 Å². The van der Waals surface area contributed by atoms with Gasteiger partial charge in [0, 0.05) is 23.1 Å². The number of esters is 1. The van der Waals surface area contributed by atoms with Gasteiger partial charge >= 0.3 is 5.97 Å². The van der Waals surface area contributed by atoms with E-state index in [0.717, 1.165) is 5.69 Å². The Labute approximate surface area is 159 Å². The predicted octanol–water partition coefficient (Wildman–Crippen LogP) is 3.33. The highest BCUT2D eigenvalue weighted by Crippen LogP contribution is 2.30. The Balaban J connectivity index is 2.13. The van der Waals surface area contributed by atoms with Gasteiger partial charge in [0.2, 0.25) is 5.91 Å². The number of methoxy groups -OCH3 is 1. The molecule has 1 aromatic carbocycles. The normalized spacial score (nSPS) is 10.4. The maximum absolute atomic E-state index is 12.5. The smallest absolute Gasteiger partial charge is 0.339 e. The monoisotopic (exact) mass is 374 g/mol. The molecule has 0 saturated carbocycles. The van der Waals surface area contributed by atoms with E-state index in [2.05, 4.69) is 5.32 Å². The van der Waals surface area contributed by atoms with Crippen molar-refractivity contribution < 1.29 is 23.8 Å². The summed E-state index contributed by atoms with van der Waals surface area (Å²) >= 11 is 0. The van der Waals surface area contributed by atoms with Gasteiger partial charge in [-0.1, -0.05) is 0 Å². The largest absolute Gasteiger partial charge is 0.493 e. The number of carbonyl (C=O) groups excluding carboxylic acids is 2. The molecule has 1 amide bonds. The summed E-state index contributed by atoms with van der Waals surface area (Å²) in [5, 5.41) is 2.84. The van der Waals surface area contributed by atoms with Gasteiger partial charge in [0.05, 0.1) is 25.9 Å². The van der Waals surface area contributed by atoms with Crippen LogP contribution in [0.3, 0.4) is 0 Å². The zero-order valence-corrected chi connectivity index (χ0v) is 16.4. The molecule has 0 aliphatic carbocycles. The number of amides is 1. The molecule has 1 heterocycles. The summed E-state index contributed by atoms with van der Waals surface area (Å²) in [4.78, 5) is 24.5. The fourth-order valence-corrected chi connectivity index (χ4v) is 2.82. The van der Waals surface area contributed by atoms with E-state index in [-0.39, 0.29) is 18.4 Å². The Hall–Kier alpha value is -2.96. The molecule has 27 heavy (non-hydrogen) atoms. The van der Waals surface area contributed by atoms with Crippen LogP contribution in [0.1, 0.15) is 35.6 Å². The molecule has 1 aromatic heterocycles. The van der Waals surface area contributed by atoms with Crippen LogP contribution in [0.4, 0.5) is 5.69 Å². The number of carbonyl (C=O) groups is 2. The number of nitrogens with one attached hydrogen (secondary N) is 1. The third-order valence-electron chi connectivity index (χ3n) is 4.12. The summed E-state index contributed by atoms with van der Waals surface area (Å²) in [5.41, 5.74) is 2.60. The number of aromatic nitrogens is 1. The Morgan fingerprint density at radius 3 is 2.44 bits per heavy atom. The molecule has 146 valence electrons. The fraction of sp³-hybridized carbons (Fsp3) is 0.400. The van der Waals surface area contributed by atoms with E-state index in [4.69, 9.17) is 14.2 Å². The molecule has 0 spiro atoms. The number of ether oxygens (including phenoxy) is 3. The minimum Gasteiger partial charge on any atom is -0.493 e. The molecule has 0 atom stereocenters. The molecule has 7 nitrogen and oxygen atoms in total. The second kappa shape index (κ2) is 9.12. The van der Waals surface area contributed by atoms with Gasteiger partial charge < -0.3 is 24.1 Å². The van der Waals surface area contributed by atoms with E-state index in [0.29, 0.717) is 41.7 Å². The summed E-state index contributed by atoms with van der Waals surface area (Å²) < 4.78 is 17.6. The highest BCUT2D eigenvalue weighted by molar-refractivity contribution is 5.93. The maximum Gasteiger partial charge on any atom is 0.339 e. The Morgan fingerprint density at radius 1 is 1.07 bits per heavy atom. The first-order chi connectivity index (χ1) is 12.9. The standard InChI is InChI=1S/C20H26N2O5/c1-6-26-17-9-8-15(11-18(17)25-5)21-19(23)12-22-13(3)10-16(14(22)4)20(24)27-7-2/h8-11H,6-7,12H2,1-5H3,(H,21,23). The summed E-state index contributed by atoms with van der Waals surface area (Å²) in [6, 6.07) is 6.95. The lowest BCUT2D eigenvalue weighted by Gasteiger charge is -2.13. The first-order valence-corrected chi connectivity index (χ1v) is 8.85. The number of nitrogens with zero attached hydrogens (tertiary/aromatic N) is 1. The van der Waals surface area contributed by atoms with Crippen LogP contribution in [0.5, 0.6) is 11.5 Å². The van der Waals surface area contributed by atoms with E-state index in [1.165, 1.54) is 0 Å². The van der Waals surface area contributed by atoms with Crippen LogP contribution in [0.2, 0.25) is 0 Å². The molecule has 0 fully saturated rings. The molecule has 0 unspecified atom stereocenters. The first-order valence-electron chi connectivity index (χ1n) is 8.85. The molecule has 7 heteroatoms. The Bertz CT molecular complexity index is 826. The van der Waals surface area contributed by atoms with Crippen molar-refractivity contribution in [3.8, 4) is 11.5 Å². The molecule has 2 aromatic rings. The van der Waals surface area contributed by atoms with Crippen LogP contribution in [0.15, 0.2) is 24.3 Å². The van der Waals surface area contributed by atoms with Crippen molar-refractivity contribution in [2.45, 2.75) is 34.2 Å². The lowest BCUT2D eigenvalue weighted by Crippen LogP contribution is -2.20. The number of rotatable bonds is 8. The van der Waals surface area contributed by atoms with Crippen LogP contribution in [-0.2, 0) is 16.1 Å². The quantitative estimate of drug-likeness (QED) is 0.717. The number of anilines is 1. The van der Waals surface area contributed by atoms with Crippen LogP contribution in [0.25, 0.3) is 0 Å². The molecule has 0 aliphatic heterocycles. The number of hydrogen-bond donors (Lipinski definition) is 1. The summed E-state index contributed by atoms with van der Waals surface area (Å²) in [5.74, 6) is 0.577. The highest BCUT2D eigenvalue weighted by atomic mass is 16.5. The second-order valence-electron chi connectivity index (χ2n) is 5.94. The maximum atomic E-state index is 12.5. The fourth-order valence-electron chi connectivity index (χ4n) is 2.82. The van der Waals surface area contributed by atoms with Gasteiger partial charge in [-0.25, -0.2) is 4.79 Å². The third kappa shape index (κ3) is 4.81. The lowest BCUT2D eigenvalue weighted by molar-refractivity contribution is -0.116. The van der Waals surface area contributed by atoms with E-state index in [1.807, 2.05) is 13.8 Å². The molecule has 0 saturated heterocycles. The topological polar surface area (TPSA) is 78.8 Å². The van der Waals surface area contributed by atoms with Crippen LogP contribution in [-0.4, -0.2) is 36.8 Å². The van der Waals surface area contributed by atoms with Gasteiger partial charge in [-0.3, -0.25) is 4.79 Å². The van der Waals surface area contributed by atoms with Gasteiger partial charge in [0.1, 0.15) is 6.54 Å². The minimum atomic E-state index is -0.381. The predicted molar refractivity (Wildman–Crippen MR) is 103 cm³/mol. The van der Waals surface area contributed by atoms with E-state index < -0.39 is 0 Å². The minimum absolute atomic E-state index is 0.0899. The van der Waals surface area contributed by atoms with Crippen LogP contribution < -0.4 is 14.8 Å². The third-order valence-corrected chi connectivity index (χ3v) is 4.12. The number of hydrogen-bond acceptors (Lipinski definition) is 5. The van der Waals surface area contributed by atoms with Crippen molar-refractivity contribution in [2.24, 2.45) is 0 Å². The van der Waals surface area contributed by atoms with Gasteiger partial charge in [0.25, 0.3) is 0 Å². The second-order valence-corrected chi connectivity index (χ2v) is 5.94. The molecular weight excluding hydrogens is 348 g/mol. The average Bonchev–Trinajstić information content (AvgIpc) is 2.91. The summed E-state index contributed by atoms with van der Waals surface area (Å²) in [6.45, 7) is 8.22. The zero-order valence-electron chi connectivity index (χ0n) is 16.4. The Kier molecular flexibility index (Phi) is 6.87. The van der Waals surface area contributed by atoms with Gasteiger partial charge in [-0.2, -0.15) is 0 Å². The van der Waals surface area contributed by atoms with Crippen LogP contribution >= 0.6 is 0 Å². The molecule has 0 radical (unpaired) electrons. The molecule has 1 N–H and O–H groups in total. The van der Waals surface area contributed by atoms with Gasteiger partial charge in [-0.05, 0) is 45.9 Å². The molecule has 0 bridgehead atoms. The van der Waals surface area contributed by atoms with E-state index in [1.54, 1.807) is 49.8 Å². The average molecular weight is 374 g/mol. The van der Waals surface area contributed by atoms with Crippen molar-refractivity contribution in [1.82, 2.24) is 4.57 Å². The van der Waals surface area contributed by atoms with E-state index >= 15 is 0 Å².